The lowest BCUT2D eigenvalue weighted by Gasteiger charge is -2.29. The van der Waals surface area contributed by atoms with Gasteiger partial charge < -0.3 is 14.9 Å². The van der Waals surface area contributed by atoms with Crippen molar-refractivity contribution in [3.8, 4) is 5.75 Å². The Bertz CT molecular complexity index is 995. The van der Waals surface area contributed by atoms with Gasteiger partial charge in [0, 0.05) is 16.9 Å². The Hall–Kier alpha value is -2.05. The number of ether oxygens (including phenoxy) is 1. The molecule has 154 valence electrons. The van der Waals surface area contributed by atoms with Crippen molar-refractivity contribution in [3.05, 3.63) is 33.3 Å². The zero-order chi connectivity index (χ0) is 21.3. The molecule has 1 aromatic carbocycles. The van der Waals surface area contributed by atoms with Crippen molar-refractivity contribution in [3.63, 3.8) is 0 Å². The molecule has 29 heavy (non-hydrogen) atoms. The number of hydrogen-bond donors (Lipinski definition) is 2. The maximum atomic E-state index is 12.4. The predicted molar refractivity (Wildman–Crippen MR) is 106 cm³/mol. The van der Waals surface area contributed by atoms with E-state index in [2.05, 4.69) is 0 Å². The molecule has 0 aliphatic heterocycles. The maximum Gasteiger partial charge on any atom is 0.346 e. The van der Waals surface area contributed by atoms with Crippen LogP contribution in [0.3, 0.4) is 0 Å². The van der Waals surface area contributed by atoms with Gasteiger partial charge >= 0.3 is 11.9 Å². The molecule has 2 bridgehead atoms. The van der Waals surface area contributed by atoms with Crippen molar-refractivity contribution in [1.29, 1.82) is 0 Å². The second-order valence-electron chi connectivity index (χ2n) is 8.76. The number of carbonyl (C=O) groups is 3. The number of fused-ring (bicyclic) bond motifs is 3. The average Bonchev–Trinajstić information content (AvgIpc) is 3.16. The van der Waals surface area contributed by atoms with E-state index in [0.717, 1.165) is 36.0 Å². The molecule has 0 amide bonds. The van der Waals surface area contributed by atoms with Gasteiger partial charge in [-0.1, -0.05) is 23.2 Å². The predicted octanol–water partition coefficient (Wildman–Crippen LogP) is 4.24. The topological polar surface area (TPSA) is 101 Å². The number of carbonyl (C=O) groups excluding carboxylic acids is 1. The zero-order valence-corrected chi connectivity index (χ0v) is 17.4. The highest BCUT2D eigenvalue weighted by Crippen LogP contribution is 2.62. The molecule has 0 radical (unpaired) electrons. The molecular weight excluding hydrogens is 419 g/mol. The Kier molecular flexibility index (Phi) is 4.52. The Labute approximate surface area is 177 Å². The second kappa shape index (κ2) is 6.47. The molecule has 3 aliphatic rings. The highest BCUT2D eigenvalue weighted by atomic mass is 35.5. The summed E-state index contributed by atoms with van der Waals surface area (Å²) in [5.41, 5.74) is 0.640. The number of benzene rings is 1. The normalized spacial score (nSPS) is 25.9. The van der Waals surface area contributed by atoms with E-state index in [9.17, 15) is 24.6 Å². The third-order valence-corrected chi connectivity index (χ3v) is 7.45. The summed E-state index contributed by atoms with van der Waals surface area (Å²) in [7, 11) is 0. The average molecular weight is 439 g/mol. The van der Waals surface area contributed by atoms with E-state index in [1.165, 1.54) is 13.8 Å². The number of carboxylic acids is 2. The lowest BCUT2D eigenvalue weighted by atomic mass is 9.74. The molecule has 1 spiro atoms. The van der Waals surface area contributed by atoms with Crippen molar-refractivity contribution >= 4 is 46.5 Å². The molecule has 4 rings (SSSR count). The first-order chi connectivity index (χ1) is 13.5. The van der Waals surface area contributed by atoms with Gasteiger partial charge in [0.1, 0.15) is 16.2 Å². The fourth-order valence-corrected chi connectivity index (χ4v) is 5.41. The van der Waals surface area contributed by atoms with Gasteiger partial charge in [0.05, 0.1) is 5.02 Å². The Morgan fingerprint density at radius 3 is 2.59 bits per heavy atom. The third kappa shape index (κ3) is 2.88. The molecule has 0 aromatic heterocycles. The minimum absolute atomic E-state index is 0.0170. The summed E-state index contributed by atoms with van der Waals surface area (Å²) in [5, 5.41) is 19.2. The molecule has 3 unspecified atom stereocenters. The Morgan fingerprint density at radius 1 is 1.28 bits per heavy atom. The van der Waals surface area contributed by atoms with E-state index in [0.29, 0.717) is 6.42 Å². The van der Waals surface area contributed by atoms with Crippen LogP contribution in [0.4, 0.5) is 0 Å². The number of aliphatic carboxylic acids is 2. The molecule has 1 saturated carbocycles. The molecule has 2 N–H and O–H groups in total. The van der Waals surface area contributed by atoms with Crippen molar-refractivity contribution in [2.24, 2.45) is 16.7 Å². The molecule has 1 aromatic rings. The summed E-state index contributed by atoms with van der Waals surface area (Å²) < 4.78 is 5.61. The van der Waals surface area contributed by atoms with Gasteiger partial charge in [-0.15, -0.1) is 0 Å². The van der Waals surface area contributed by atoms with Crippen molar-refractivity contribution in [2.45, 2.75) is 45.6 Å². The number of rotatable bonds is 5. The monoisotopic (exact) mass is 438 g/mol. The van der Waals surface area contributed by atoms with E-state index < -0.39 is 23.5 Å². The number of halogens is 2. The van der Waals surface area contributed by atoms with Crippen LogP contribution in [-0.2, 0) is 20.8 Å². The van der Waals surface area contributed by atoms with Crippen molar-refractivity contribution in [2.75, 3.05) is 0 Å². The van der Waals surface area contributed by atoms with Gasteiger partial charge in [-0.2, -0.15) is 0 Å². The highest BCUT2D eigenvalue weighted by Gasteiger charge is 2.53. The van der Waals surface area contributed by atoms with E-state index in [4.69, 9.17) is 27.9 Å². The van der Waals surface area contributed by atoms with E-state index >= 15 is 0 Å². The summed E-state index contributed by atoms with van der Waals surface area (Å²) in [5.74, 6) is -2.52. The van der Waals surface area contributed by atoms with Crippen LogP contribution in [0.15, 0.2) is 12.1 Å². The van der Waals surface area contributed by atoms with Gasteiger partial charge in [-0.25, -0.2) is 4.79 Å². The smallest absolute Gasteiger partial charge is 0.346 e. The molecule has 6 nitrogen and oxygen atoms in total. The van der Waals surface area contributed by atoms with E-state index in [1.54, 1.807) is 12.1 Å². The zero-order valence-electron chi connectivity index (χ0n) is 15.9. The van der Waals surface area contributed by atoms with Crippen LogP contribution in [0.25, 0.3) is 5.57 Å². The SMILES string of the molecule is CC(C)(C(=O)O)C(Oc1cc2c(c(Cl)c1Cl)C1=CC(=O)C3CCC1(C2)C3)C(=O)O. The number of ketones is 1. The molecule has 0 saturated heterocycles. The first kappa shape index (κ1) is 20.2. The van der Waals surface area contributed by atoms with Crippen LogP contribution in [0, 0.1) is 16.7 Å². The fraction of sp³-hybridized carbons (Fsp3) is 0.476. The van der Waals surface area contributed by atoms with Gasteiger partial charge in [0.15, 0.2) is 5.78 Å². The van der Waals surface area contributed by atoms with E-state index in [-0.39, 0.29) is 32.9 Å². The molecule has 3 atom stereocenters. The van der Waals surface area contributed by atoms with Crippen LogP contribution in [0.5, 0.6) is 5.75 Å². The van der Waals surface area contributed by atoms with Crippen LogP contribution in [0.1, 0.15) is 44.2 Å². The largest absolute Gasteiger partial charge is 0.481 e. The first-order valence-electron chi connectivity index (χ1n) is 9.38. The van der Waals surface area contributed by atoms with Crippen LogP contribution in [-0.4, -0.2) is 34.0 Å². The summed E-state index contributed by atoms with van der Waals surface area (Å²) >= 11 is 13.0. The van der Waals surface area contributed by atoms with Crippen molar-refractivity contribution in [1.82, 2.24) is 0 Å². The number of allylic oxidation sites excluding steroid dienone is 2. The van der Waals surface area contributed by atoms with Crippen LogP contribution < -0.4 is 4.74 Å². The Morgan fingerprint density at radius 2 is 1.97 bits per heavy atom. The maximum absolute atomic E-state index is 12.4. The fourth-order valence-electron chi connectivity index (χ4n) is 4.90. The quantitative estimate of drug-likeness (QED) is 0.712. The van der Waals surface area contributed by atoms with Gasteiger partial charge in [0.25, 0.3) is 0 Å². The summed E-state index contributed by atoms with van der Waals surface area (Å²) in [6.07, 6.45) is 3.20. The molecule has 1 fully saturated rings. The minimum Gasteiger partial charge on any atom is -0.481 e. The molecule has 3 aliphatic carbocycles. The molecular formula is C21H20Cl2O6. The standard InChI is InChI=1S/C21H20Cl2O6/c1-20(2,19(27)28)17(18(25)26)29-13-5-10-8-21-4-3-9(7-21)12(24)6-11(21)14(10)16(23)15(13)22/h5-6,9,17H,3-4,7-8H2,1-2H3,(H,25,26)(H,27,28). The van der Waals surface area contributed by atoms with Crippen LogP contribution in [0.2, 0.25) is 10.0 Å². The molecule has 8 heteroatoms. The summed E-state index contributed by atoms with van der Waals surface area (Å²) in [6, 6.07) is 1.64. The van der Waals surface area contributed by atoms with Gasteiger partial charge in [-0.05, 0) is 62.8 Å². The lowest BCUT2D eigenvalue weighted by molar-refractivity contribution is -0.164. The highest BCUT2D eigenvalue weighted by molar-refractivity contribution is 6.44. The summed E-state index contributed by atoms with van der Waals surface area (Å²) in [6.45, 7) is 2.55. The summed E-state index contributed by atoms with van der Waals surface area (Å²) in [4.78, 5) is 35.6. The van der Waals surface area contributed by atoms with Crippen LogP contribution >= 0.6 is 23.2 Å². The molecule has 0 heterocycles. The van der Waals surface area contributed by atoms with Crippen molar-refractivity contribution < 1.29 is 29.3 Å². The second-order valence-corrected chi connectivity index (χ2v) is 9.51. The third-order valence-electron chi connectivity index (χ3n) is 6.60. The lowest BCUT2D eigenvalue weighted by Crippen LogP contribution is -2.46. The Balaban J connectivity index is 1.78. The minimum atomic E-state index is -1.69. The van der Waals surface area contributed by atoms with Gasteiger partial charge in [-0.3, -0.25) is 9.59 Å². The number of carboxylic acid groups (broad SMARTS) is 2. The number of hydrogen-bond acceptors (Lipinski definition) is 4. The van der Waals surface area contributed by atoms with Gasteiger partial charge in [0.2, 0.25) is 6.10 Å². The van der Waals surface area contributed by atoms with E-state index in [1.807, 2.05) is 0 Å². The first-order valence-corrected chi connectivity index (χ1v) is 10.1.